The molecule has 0 amide bonds. The van der Waals surface area contributed by atoms with E-state index in [0.717, 1.165) is 32.7 Å². The van der Waals surface area contributed by atoms with Crippen LogP contribution in [0.25, 0.3) is 0 Å². The number of rotatable bonds is 3. The van der Waals surface area contributed by atoms with Gasteiger partial charge in [-0.3, -0.25) is 0 Å². The van der Waals surface area contributed by atoms with Gasteiger partial charge in [-0.15, -0.1) is 0 Å². The average Bonchev–Trinajstić information content (AvgIpc) is 3.40. The molecular formula is C22H31N4O+. The number of benzene rings is 1. The molecule has 3 atom stereocenters. The molecule has 5 heteroatoms. The summed E-state index contributed by atoms with van der Waals surface area (Å²) in [6.07, 6.45) is 8.71. The van der Waals surface area contributed by atoms with Gasteiger partial charge in [0, 0.05) is 0 Å². The molecule has 0 spiro atoms. The minimum absolute atomic E-state index is 0.0678. The van der Waals surface area contributed by atoms with E-state index in [1.54, 1.807) is 10.5 Å². The van der Waals surface area contributed by atoms with Crippen LogP contribution < -0.4 is 9.91 Å². The number of anilines is 1. The van der Waals surface area contributed by atoms with Gasteiger partial charge in [0.25, 0.3) is 0 Å². The van der Waals surface area contributed by atoms with Gasteiger partial charge >= 0.3 is 0 Å². The van der Waals surface area contributed by atoms with Gasteiger partial charge in [0.1, 0.15) is 19.1 Å². The van der Waals surface area contributed by atoms with E-state index < -0.39 is 0 Å². The third kappa shape index (κ3) is 2.59. The molecular weight excluding hydrogens is 336 g/mol. The van der Waals surface area contributed by atoms with E-state index in [2.05, 4.69) is 43.1 Å². The van der Waals surface area contributed by atoms with Crippen LogP contribution in [-0.4, -0.2) is 38.0 Å². The van der Waals surface area contributed by atoms with Crippen molar-refractivity contribution in [2.45, 2.75) is 57.7 Å². The minimum atomic E-state index is -0.0678. The summed E-state index contributed by atoms with van der Waals surface area (Å²) in [6, 6.07) is 7.06. The van der Waals surface area contributed by atoms with E-state index >= 15 is 0 Å². The topological polar surface area (TPSA) is 41.6 Å². The Kier molecular flexibility index (Phi) is 4.32. The number of allylic oxidation sites excluding steroid dienone is 1. The van der Waals surface area contributed by atoms with Crippen LogP contribution in [0.1, 0.15) is 43.2 Å². The summed E-state index contributed by atoms with van der Waals surface area (Å²) in [7, 11) is 0. The third-order valence-electron chi connectivity index (χ3n) is 7.32. The molecule has 1 N–H and O–H groups in total. The summed E-state index contributed by atoms with van der Waals surface area (Å²) in [4.78, 5) is 1.62. The Morgan fingerprint density at radius 2 is 2.00 bits per heavy atom. The Morgan fingerprint density at radius 3 is 2.74 bits per heavy atom. The fourth-order valence-electron chi connectivity index (χ4n) is 5.87. The van der Waals surface area contributed by atoms with Crippen LogP contribution in [0.15, 0.2) is 40.2 Å². The molecule has 1 saturated carbocycles. The molecule has 0 aromatic heterocycles. The SMILES string of the molecule is Cc1ccc(N2N=N[C@H]3CC[C@H](C4=CCCC4)[C@]32[NH+]2CCOCC2)cc1C. The summed E-state index contributed by atoms with van der Waals surface area (Å²) < 4.78 is 5.73. The monoisotopic (exact) mass is 367 g/mol. The average molecular weight is 368 g/mol. The van der Waals surface area contributed by atoms with Crippen molar-refractivity contribution in [2.75, 3.05) is 31.3 Å². The second-order valence-corrected chi connectivity index (χ2v) is 8.64. The number of quaternary nitrogens is 1. The molecule has 0 bridgehead atoms. The molecule has 0 unspecified atom stereocenters. The number of hydrogen-bond acceptors (Lipinski definition) is 4. The molecule has 5 nitrogen and oxygen atoms in total. The highest BCUT2D eigenvalue weighted by Crippen LogP contribution is 2.49. The highest BCUT2D eigenvalue weighted by atomic mass is 16.5. The maximum Gasteiger partial charge on any atom is 0.225 e. The van der Waals surface area contributed by atoms with E-state index in [9.17, 15) is 0 Å². The third-order valence-corrected chi connectivity index (χ3v) is 7.32. The van der Waals surface area contributed by atoms with Gasteiger partial charge in [0.15, 0.2) is 0 Å². The number of hydrogen-bond donors (Lipinski definition) is 1. The number of nitrogens with zero attached hydrogens (tertiary/aromatic N) is 3. The first-order chi connectivity index (χ1) is 13.2. The second-order valence-electron chi connectivity index (χ2n) is 8.64. The standard InChI is InChI=1S/C22H30N4O/c1-16-7-8-19(15-17(16)2)26-22(25-11-13-27-14-12-25)20(18-5-3-4-6-18)9-10-21(22)23-24-26/h5,7-8,15,20-21H,3-4,6,9-14H2,1-2H3/p+1/t20-,21+,22-/m1/s1. The van der Waals surface area contributed by atoms with Crippen LogP contribution in [0.5, 0.6) is 0 Å². The Morgan fingerprint density at radius 1 is 1.15 bits per heavy atom. The van der Waals surface area contributed by atoms with Crippen molar-refractivity contribution in [2.24, 2.45) is 16.3 Å². The lowest BCUT2D eigenvalue weighted by molar-refractivity contribution is -0.961. The lowest BCUT2D eigenvalue weighted by Crippen LogP contribution is -3.25. The lowest BCUT2D eigenvalue weighted by atomic mass is 9.84. The highest BCUT2D eigenvalue weighted by molar-refractivity contribution is 5.53. The van der Waals surface area contributed by atoms with Gasteiger partial charge in [0.2, 0.25) is 5.66 Å². The number of ether oxygens (including phenoxy) is 1. The van der Waals surface area contributed by atoms with Crippen molar-refractivity contribution >= 4 is 5.69 Å². The van der Waals surface area contributed by atoms with Crippen LogP contribution in [0.3, 0.4) is 0 Å². The van der Waals surface area contributed by atoms with Crippen LogP contribution in [0.4, 0.5) is 5.69 Å². The van der Waals surface area contributed by atoms with Gasteiger partial charge in [-0.1, -0.05) is 22.9 Å². The van der Waals surface area contributed by atoms with Crippen LogP contribution in [-0.2, 0) is 4.74 Å². The number of morpholine rings is 1. The van der Waals surface area contributed by atoms with E-state index in [4.69, 9.17) is 15.1 Å². The molecule has 1 saturated heterocycles. The van der Waals surface area contributed by atoms with Crippen molar-refractivity contribution in [1.82, 2.24) is 0 Å². The van der Waals surface area contributed by atoms with Gasteiger partial charge in [-0.2, -0.15) is 10.1 Å². The summed E-state index contributed by atoms with van der Waals surface area (Å²) >= 11 is 0. The summed E-state index contributed by atoms with van der Waals surface area (Å²) in [5.41, 5.74) is 5.46. The Labute approximate surface area is 162 Å². The van der Waals surface area contributed by atoms with Crippen molar-refractivity contribution in [1.29, 1.82) is 0 Å². The maximum absolute atomic E-state index is 5.73. The molecule has 2 aliphatic heterocycles. The molecule has 27 heavy (non-hydrogen) atoms. The molecule has 2 heterocycles. The Balaban J connectivity index is 1.62. The molecule has 0 radical (unpaired) electrons. The number of aryl methyl sites for hydroxylation is 2. The molecule has 5 rings (SSSR count). The van der Waals surface area contributed by atoms with E-state index in [0.29, 0.717) is 12.0 Å². The predicted molar refractivity (Wildman–Crippen MR) is 106 cm³/mol. The molecule has 4 aliphatic rings. The Bertz CT molecular complexity index is 783. The normalized spacial score (nSPS) is 33.6. The summed E-state index contributed by atoms with van der Waals surface area (Å²) in [5, 5.41) is 12.0. The Hall–Kier alpha value is -1.72. The smallest absolute Gasteiger partial charge is 0.225 e. The minimum Gasteiger partial charge on any atom is -0.370 e. The van der Waals surface area contributed by atoms with Crippen molar-refractivity contribution in [3.8, 4) is 0 Å². The zero-order chi connectivity index (χ0) is 18.4. The zero-order valence-electron chi connectivity index (χ0n) is 16.6. The largest absolute Gasteiger partial charge is 0.370 e. The fraction of sp³-hybridized carbons (Fsp3) is 0.636. The maximum atomic E-state index is 5.73. The first-order valence-electron chi connectivity index (χ1n) is 10.6. The quantitative estimate of drug-likeness (QED) is 0.835. The number of nitrogens with one attached hydrogen (secondary N) is 1. The van der Waals surface area contributed by atoms with E-state index in [1.165, 1.54) is 42.5 Å². The van der Waals surface area contributed by atoms with Gasteiger partial charge in [-0.05, 0) is 69.2 Å². The van der Waals surface area contributed by atoms with Crippen LogP contribution in [0.2, 0.25) is 0 Å². The molecule has 2 aliphatic carbocycles. The first kappa shape index (κ1) is 17.4. The molecule has 1 aromatic rings. The van der Waals surface area contributed by atoms with Crippen molar-refractivity contribution in [3.05, 3.63) is 41.0 Å². The van der Waals surface area contributed by atoms with E-state index in [1.807, 2.05) is 0 Å². The second kappa shape index (κ2) is 6.71. The van der Waals surface area contributed by atoms with Crippen LogP contribution in [0, 0.1) is 19.8 Å². The lowest BCUT2D eigenvalue weighted by Gasteiger charge is -2.47. The zero-order valence-corrected chi connectivity index (χ0v) is 16.6. The summed E-state index contributed by atoms with van der Waals surface area (Å²) in [5.74, 6) is 0.551. The number of fused-ring (bicyclic) bond motifs is 1. The predicted octanol–water partition coefficient (Wildman–Crippen LogP) is 2.99. The van der Waals surface area contributed by atoms with Crippen molar-refractivity contribution in [3.63, 3.8) is 0 Å². The van der Waals surface area contributed by atoms with Gasteiger partial charge in [-0.25, -0.2) is 0 Å². The molecule has 1 aromatic carbocycles. The molecule has 2 fully saturated rings. The van der Waals surface area contributed by atoms with Crippen molar-refractivity contribution < 1.29 is 9.64 Å². The van der Waals surface area contributed by atoms with E-state index in [-0.39, 0.29) is 5.66 Å². The first-order valence-corrected chi connectivity index (χ1v) is 10.6. The fourth-order valence-corrected chi connectivity index (χ4v) is 5.87. The highest BCUT2D eigenvalue weighted by Gasteiger charge is 2.66. The summed E-state index contributed by atoms with van der Waals surface area (Å²) in [6.45, 7) is 8.16. The van der Waals surface area contributed by atoms with Crippen LogP contribution >= 0.6 is 0 Å². The molecule has 144 valence electrons. The van der Waals surface area contributed by atoms with Gasteiger partial charge in [0.05, 0.1) is 24.8 Å². The van der Waals surface area contributed by atoms with Gasteiger partial charge < -0.3 is 9.64 Å².